The van der Waals surface area contributed by atoms with Crippen molar-refractivity contribution in [2.24, 2.45) is 5.92 Å². The van der Waals surface area contributed by atoms with E-state index in [0.29, 0.717) is 5.78 Å². The average molecular weight is 235 g/mol. The van der Waals surface area contributed by atoms with E-state index in [4.69, 9.17) is 4.74 Å². The number of alkyl halides is 1. The highest BCUT2D eigenvalue weighted by molar-refractivity contribution is 9.10. The van der Waals surface area contributed by atoms with Crippen molar-refractivity contribution in [3.63, 3.8) is 0 Å². The standard InChI is InChI=1S/C9H15BrO2/c1-2-8(10)9(11)7-3-5-12-6-4-7/h7-8H,2-6H2,1H3. The summed E-state index contributed by atoms with van der Waals surface area (Å²) in [4.78, 5) is 11.7. The molecule has 1 rings (SSSR count). The summed E-state index contributed by atoms with van der Waals surface area (Å²) in [7, 11) is 0. The highest BCUT2D eigenvalue weighted by Crippen LogP contribution is 2.21. The van der Waals surface area contributed by atoms with Crippen molar-refractivity contribution in [3.05, 3.63) is 0 Å². The number of hydrogen-bond acceptors (Lipinski definition) is 2. The molecule has 3 heteroatoms. The normalized spacial score (nSPS) is 22.2. The number of carbonyl (C=O) groups is 1. The quantitative estimate of drug-likeness (QED) is 0.700. The Hall–Kier alpha value is 0.110. The molecule has 0 radical (unpaired) electrons. The van der Waals surface area contributed by atoms with Gasteiger partial charge in [-0.05, 0) is 19.3 Å². The van der Waals surface area contributed by atoms with Crippen molar-refractivity contribution in [1.29, 1.82) is 0 Å². The zero-order chi connectivity index (χ0) is 8.97. The lowest BCUT2D eigenvalue weighted by Crippen LogP contribution is -2.28. The van der Waals surface area contributed by atoms with Crippen molar-refractivity contribution in [2.75, 3.05) is 13.2 Å². The molecule has 1 heterocycles. The van der Waals surface area contributed by atoms with E-state index in [1.54, 1.807) is 0 Å². The van der Waals surface area contributed by atoms with Gasteiger partial charge in [-0.1, -0.05) is 22.9 Å². The van der Waals surface area contributed by atoms with Crippen LogP contribution in [0.15, 0.2) is 0 Å². The van der Waals surface area contributed by atoms with E-state index in [-0.39, 0.29) is 10.7 Å². The van der Waals surface area contributed by atoms with Crippen LogP contribution in [0.25, 0.3) is 0 Å². The van der Waals surface area contributed by atoms with Crippen LogP contribution in [0, 0.1) is 5.92 Å². The molecule has 0 spiro atoms. The van der Waals surface area contributed by atoms with Gasteiger partial charge >= 0.3 is 0 Å². The third kappa shape index (κ3) is 2.56. The fraction of sp³-hybridized carbons (Fsp3) is 0.889. The van der Waals surface area contributed by atoms with Crippen molar-refractivity contribution in [3.8, 4) is 0 Å². The molecule has 1 fully saturated rings. The second kappa shape index (κ2) is 4.97. The number of ketones is 1. The van der Waals surface area contributed by atoms with E-state index in [1.807, 2.05) is 6.92 Å². The van der Waals surface area contributed by atoms with Gasteiger partial charge in [-0.2, -0.15) is 0 Å². The molecule has 0 aromatic carbocycles. The summed E-state index contributed by atoms with van der Waals surface area (Å²) in [5.74, 6) is 0.601. The molecule has 1 aliphatic rings. The minimum atomic E-state index is 0.0561. The van der Waals surface area contributed by atoms with Gasteiger partial charge in [-0.15, -0.1) is 0 Å². The van der Waals surface area contributed by atoms with E-state index >= 15 is 0 Å². The van der Waals surface area contributed by atoms with E-state index in [2.05, 4.69) is 15.9 Å². The first-order valence-corrected chi connectivity index (χ1v) is 5.42. The van der Waals surface area contributed by atoms with Crippen LogP contribution in [-0.2, 0) is 9.53 Å². The Morgan fingerprint density at radius 2 is 2.17 bits per heavy atom. The van der Waals surface area contributed by atoms with E-state index in [0.717, 1.165) is 32.5 Å². The Labute approximate surface area is 81.8 Å². The molecule has 0 amide bonds. The van der Waals surface area contributed by atoms with Crippen LogP contribution in [0.4, 0.5) is 0 Å². The molecule has 12 heavy (non-hydrogen) atoms. The van der Waals surface area contributed by atoms with Gasteiger partial charge in [0.2, 0.25) is 0 Å². The summed E-state index contributed by atoms with van der Waals surface area (Å²) in [5, 5.41) is 0. The number of hydrogen-bond donors (Lipinski definition) is 0. The molecule has 2 nitrogen and oxygen atoms in total. The second-order valence-corrected chi connectivity index (χ2v) is 4.27. The summed E-state index contributed by atoms with van der Waals surface area (Å²) >= 11 is 3.39. The summed E-state index contributed by atoms with van der Waals surface area (Å²) in [6.07, 6.45) is 2.69. The second-order valence-electron chi connectivity index (χ2n) is 3.16. The van der Waals surface area contributed by atoms with Crippen LogP contribution in [0.1, 0.15) is 26.2 Å². The molecule has 70 valence electrons. The van der Waals surface area contributed by atoms with Gasteiger partial charge in [-0.25, -0.2) is 0 Å². The summed E-state index contributed by atoms with van der Waals surface area (Å²) in [6.45, 7) is 3.52. The number of Topliss-reactive ketones (excluding diaryl/α,β-unsaturated/α-hetero) is 1. The Balaban J connectivity index is 2.39. The minimum Gasteiger partial charge on any atom is -0.381 e. The van der Waals surface area contributed by atoms with Gasteiger partial charge in [0.25, 0.3) is 0 Å². The number of ether oxygens (including phenoxy) is 1. The number of halogens is 1. The Morgan fingerprint density at radius 1 is 1.58 bits per heavy atom. The van der Waals surface area contributed by atoms with Gasteiger partial charge < -0.3 is 4.74 Å². The predicted octanol–water partition coefficient (Wildman–Crippen LogP) is 2.16. The molecule has 0 aromatic heterocycles. The van der Waals surface area contributed by atoms with Crippen molar-refractivity contribution in [2.45, 2.75) is 31.0 Å². The van der Waals surface area contributed by atoms with Crippen LogP contribution in [-0.4, -0.2) is 23.8 Å². The van der Waals surface area contributed by atoms with E-state index in [9.17, 15) is 4.79 Å². The highest BCUT2D eigenvalue weighted by Gasteiger charge is 2.25. The van der Waals surface area contributed by atoms with Crippen LogP contribution in [0.3, 0.4) is 0 Å². The fourth-order valence-corrected chi connectivity index (χ4v) is 1.81. The number of carbonyl (C=O) groups excluding carboxylic acids is 1. The van der Waals surface area contributed by atoms with Crippen LogP contribution < -0.4 is 0 Å². The average Bonchev–Trinajstić information content (AvgIpc) is 2.17. The lowest BCUT2D eigenvalue weighted by molar-refractivity contribution is -0.125. The van der Waals surface area contributed by atoms with Crippen molar-refractivity contribution in [1.82, 2.24) is 0 Å². The fourth-order valence-electron chi connectivity index (χ4n) is 1.44. The molecule has 1 unspecified atom stereocenters. The maximum atomic E-state index is 11.6. The molecule has 1 saturated heterocycles. The summed E-state index contributed by atoms with van der Waals surface area (Å²) < 4.78 is 5.20. The van der Waals surface area contributed by atoms with E-state index in [1.165, 1.54) is 0 Å². The Morgan fingerprint density at radius 3 is 2.67 bits per heavy atom. The molecule has 0 bridgehead atoms. The van der Waals surface area contributed by atoms with Gasteiger partial charge in [0.15, 0.2) is 0 Å². The van der Waals surface area contributed by atoms with Crippen LogP contribution in [0.5, 0.6) is 0 Å². The van der Waals surface area contributed by atoms with Crippen molar-refractivity contribution < 1.29 is 9.53 Å². The maximum Gasteiger partial charge on any atom is 0.149 e. The topological polar surface area (TPSA) is 26.3 Å². The van der Waals surface area contributed by atoms with Crippen molar-refractivity contribution >= 4 is 21.7 Å². The monoisotopic (exact) mass is 234 g/mol. The molecule has 0 aromatic rings. The third-order valence-corrected chi connectivity index (χ3v) is 3.39. The van der Waals surface area contributed by atoms with Gasteiger partial charge in [-0.3, -0.25) is 4.79 Å². The van der Waals surface area contributed by atoms with E-state index < -0.39 is 0 Å². The number of rotatable bonds is 3. The molecular formula is C9H15BrO2. The molecule has 0 saturated carbocycles. The Bertz CT molecular complexity index is 153. The molecule has 1 atom stereocenters. The largest absolute Gasteiger partial charge is 0.381 e. The van der Waals surface area contributed by atoms with Gasteiger partial charge in [0, 0.05) is 19.1 Å². The Kier molecular flexibility index (Phi) is 4.22. The maximum absolute atomic E-state index is 11.6. The molecule has 0 aliphatic carbocycles. The SMILES string of the molecule is CCC(Br)C(=O)C1CCOCC1. The first-order chi connectivity index (χ1) is 5.75. The van der Waals surface area contributed by atoms with Gasteiger partial charge in [0.1, 0.15) is 5.78 Å². The lowest BCUT2D eigenvalue weighted by atomic mass is 9.93. The molecule has 0 N–H and O–H groups in total. The lowest BCUT2D eigenvalue weighted by Gasteiger charge is -2.22. The third-order valence-electron chi connectivity index (χ3n) is 2.29. The smallest absolute Gasteiger partial charge is 0.149 e. The summed E-state index contributed by atoms with van der Waals surface area (Å²) in [6, 6.07) is 0. The zero-order valence-corrected chi connectivity index (χ0v) is 8.97. The first-order valence-electron chi connectivity index (χ1n) is 4.51. The highest BCUT2D eigenvalue weighted by atomic mass is 79.9. The molecular weight excluding hydrogens is 220 g/mol. The summed E-state index contributed by atoms with van der Waals surface area (Å²) in [5.41, 5.74) is 0. The zero-order valence-electron chi connectivity index (χ0n) is 7.38. The van der Waals surface area contributed by atoms with Gasteiger partial charge in [0.05, 0.1) is 4.83 Å². The first kappa shape index (κ1) is 10.2. The molecule has 1 aliphatic heterocycles. The van der Waals surface area contributed by atoms with Crippen LogP contribution >= 0.6 is 15.9 Å². The van der Waals surface area contributed by atoms with Crippen LogP contribution in [0.2, 0.25) is 0 Å². The minimum absolute atomic E-state index is 0.0561. The predicted molar refractivity (Wildman–Crippen MR) is 51.6 cm³/mol.